The Kier molecular flexibility index (Phi) is 6.00. The van der Waals surface area contributed by atoms with E-state index in [1.54, 1.807) is 26.4 Å². The molecule has 0 spiro atoms. The number of rotatable bonds is 7. The Morgan fingerprint density at radius 1 is 1.04 bits per heavy atom. The zero-order valence-corrected chi connectivity index (χ0v) is 13.4. The maximum atomic E-state index is 12.2. The van der Waals surface area contributed by atoms with Gasteiger partial charge in [-0.1, -0.05) is 36.4 Å². The van der Waals surface area contributed by atoms with Crippen LogP contribution in [0.25, 0.3) is 0 Å². The van der Waals surface area contributed by atoms with Crippen LogP contribution in [-0.2, 0) is 11.2 Å². The van der Waals surface area contributed by atoms with Gasteiger partial charge in [-0.05, 0) is 17.7 Å². The summed E-state index contributed by atoms with van der Waals surface area (Å²) in [7, 11) is 3.14. The van der Waals surface area contributed by atoms with E-state index in [1.807, 2.05) is 36.4 Å². The molecule has 0 radical (unpaired) electrons. The number of hydrogen-bond acceptors (Lipinski definition) is 4. The molecule has 0 fully saturated rings. The summed E-state index contributed by atoms with van der Waals surface area (Å²) in [5.41, 5.74) is 7.80. The third-order valence-corrected chi connectivity index (χ3v) is 3.61. The lowest BCUT2D eigenvalue weighted by atomic mass is 10.1. The van der Waals surface area contributed by atoms with Crippen LogP contribution in [0, 0.1) is 0 Å². The van der Waals surface area contributed by atoms with E-state index in [0.29, 0.717) is 18.0 Å². The number of benzene rings is 2. The summed E-state index contributed by atoms with van der Waals surface area (Å²) < 4.78 is 10.6. The summed E-state index contributed by atoms with van der Waals surface area (Å²) in [6, 6.07) is 14.9. The molecule has 0 aliphatic rings. The highest BCUT2D eigenvalue weighted by molar-refractivity contribution is 5.80. The minimum Gasteiger partial charge on any atom is -0.496 e. The molecule has 0 aliphatic heterocycles. The Balaban J connectivity index is 1.98. The smallest absolute Gasteiger partial charge is 0.224 e. The number of methoxy groups -OCH3 is 2. The first-order chi connectivity index (χ1) is 11.2. The third kappa shape index (κ3) is 4.47. The second-order valence-corrected chi connectivity index (χ2v) is 5.14. The molecule has 2 aromatic rings. The highest BCUT2D eigenvalue weighted by atomic mass is 16.5. The van der Waals surface area contributed by atoms with Gasteiger partial charge in [0.15, 0.2) is 0 Å². The van der Waals surface area contributed by atoms with Crippen molar-refractivity contribution >= 4 is 5.91 Å². The molecule has 0 aromatic heterocycles. The van der Waals surface area contributed by atoms with Crippen molar-refractivity contribution < 1.29 is 14.3 Å². The average molecular weight is 314 g/mol. The Morgan fingerprint density at radius 3 is 2.22 bits per heavy atom. The molecule has 2 rings (SSSR count). The summed E-state index contributed by atoms with van der Waals surface area (Å²) in [4.78, 5) is 12.2. The summed E-state index contributed by atoms with van der Waals surface area (Å²) in [6.45, 7) is 0.375. The zero-order chi connectivity index (χ0) is 16.7. The molecule has 0 saturated carbocycles. The van der Waals surface area contributed by atoms with E-state index >= 15 is 0 Å². The summed E-state index contributed by atoms with van der Waals surface area (Å²) in [5, 5.41) is 2.86. The van der Waals surface area contributed by atoms with Crippen LogP contribution in [0.15, 0.2) is 48.5 Å². The topological polar surface area (TPSA) is 73.6 Å². The molecule has 122 valence electrons. The minimum atomic E-state index is -0.236. The lowest BCUT2D eigenvalue weighted by Crippen LogP contribution is -2.33. The molecule has 0 saturated heterocycles. The van der Waals surface area contributed by atoms with Crippen molar-refractivity contribution in [3.05, 3.63) is 59.7 Å². The molecule has 0 heterocycles. The molecule has 3 N–H and O–H groups in total. The average Bonchev–Trinajstić information content (AvgIpc) is 2.60. The van der Waals surface area contributed by atoms with Gasteiger partial charge in [-0.15, -0.1) is 0 Å². The fraction of sp³-hybridized carbons (Fsp3) is 0.278. The van der Waals surface area contributed by atoms with E-state index < -0.39 is 0 Å². The lowest BCUT2D eigenvalue weighted by Gasteiger charge is -2.15. The third-order valence-electron chi connectivity index (χ3n) is 3.61. The van der Waals surface area contributed by atoms with Crippen LogP contribution in [0.2, 0.25) is 0 Å². The largest absolute Gasteiger partial charge is 0.496 e. The van der Waals surface area contributed by atoms with Crippen LogP contribution in [-0.4, -0.2) is 26.7 Å². The van der Waals surface area contributed by atoms with Crippen LogP contribution in [0.3, 0.4) is 0 Å². The number of amides is 1. The van der Waals surface area contributed by atoms with Crippen molar-refractivity contribution in [1.29, 1.82) is 0 Å². The van der Waals surface area contributed by atoms with Crippen molar-refractivity contribution in [3.8, 4) is 11.5 Å². The van der Waals surface area contributed by atoms with Gasteiger partial charge in [-0.25, -0.2) is 0 Å². The maximum absolute atomic E-state index is 12.2. The molecule has 1 unspecified atom stereocenters. The van der Waals surface area contributed by atoms with Gasteiger partial charge in [-0.2, -0.15) is 0 Å². The molecule has 5 heteroatoms. The lowest BCUT2D eigenvalue weighted by molar-refractivity contribution is -0.120. The summed E-state index contributed by atoms with van der Waals surface area (Å²) in [5.74, 6) is 1.14. The van der Waals surface area contributed by atoms with E-state index in [2.05, 4.69) is 5.32 Å². The molecular weight excluding hydrogens is 292 g/mol. The highest BCUT2D eigenvalue weighted by Gasteiger charge is 2.15. The molecule has 0 aliphatic carbocycles. The van der Waals surface area contributed by atoms with Gasteiger partial charge in [0.05, 0.1) is 20.6 Å². The quantitative estimate of drug-likeness (QED) is 0.820. The molecule has 23 heavy (non-hydrogen) atoms. The van der Waals surface area contributed by atoms with Gasteiger partial charge in [-0.3, -0.25) is 4.79 Å². The van der Waals surface area contributed by atoms with Gasteiger partial charge in [0, 0.05) is 18.2 Å². The van der Waals surface area contributed by atoms with Gasteiger partial charge in [0.25, 0.3) is 0 Å². The van der Waals surface area contributed by atoms with Crippen LogP contribution in [0.1, 0.15) is 17.2 Å². The number of carbonyl (C=O) groups is 1. The van der Waals surface area contributed by atoms with Crippen molar-refractivity contribution in [1.82, 2.24) is 5.32 Å². The van der Waals surface area contributed by atoms with Crippen LogP contribution in [0.5, 0.6) is 11.5 Å². The number of hydrogen-bond donors (Lipinski definition) is 2. The zero-order valence-electron chi connectivity index (χ0n) is 13.4. The van der Waals surface area contributed by atoms with Gasteiger partial charge < -0.3 is 20.5 Å². The fourth-order valence-electron chi connectivity index (χ4n) is 2.37. The van der Waals surface area contributed by atoms with E-state index in [4.69, 9.17) is 15.2 Å². The van der Waals surface area contributed by atoms with Crippen molar-refractivity contribution in [2.75, 3.05) is 20.8 Å². The predicted molar refractivity (Wildman–Crippen MR) is 89.6 cm³/mol. The van der Waals surface area contributed by atoms with Gasteiger partial charge >= 0.3 is 0 Å². The number of ether oxygens (including phenoxy) is 2. The Hall–Kier alpha value is -2.53. The minimum absolute atomic E-state index is 0.126. The Labute approximate surface area is 136 Å². The number of carbonyl (C=O) groups excluding carboxylic acids is 1. The van der Waals surface area contributed by atoms with Crippen LogP contribution in [0.4, 0.5) is 0 Å². The number of nitrogens with one attached hydrogen (secondary N) is 1. The molecule has 0 bridgehead atoms. The molecule has 1 amide bonds. The highest BCUT2D eigenvalue weighted by Crippen LogP contribution is 2.28. The normalized spacial score (nSPS) is 11.6. The fourth-order valence-corrected chi connectivity index (χ4v) is 2.37. The molecular formula is C18H22N2O3. The molecule has 5 nitrogen and oxygen atoms in total. The summed E-state index contributed by atoms with van der Waals surface area (Å²) in [6.07, 6.45) is 0.175. The second-order valence-electron chi connectivity index (χ2n) is 5.14. The summed E-state index contributed by atoms with van der Waals surface area (Å²) >= 11 is 0. The first-order valence-corrected chi connectivity index (χ1v) is 7.42. The monoisotopic (exact) mass is 314 g/mol. The van der Waals surface area contributed by atoms with E-state index in [9.17, 15) is 4.79 Å². The van der Waals surface area contributed by atoms with E-state index in [1.165, 1.54) is 0 Å². The Morgan fingerprint density at radius 2 is 1.65 bits per heavy atom. The standard InChI is InChI=1S/C18H22N2O3/c1-22-16-9-6-10-17(23-2)14(16)11-18(21)20-12-15(19)13-7-4-3-5-8-13/h3-10,15H,11-12,19H2,1-2H3,(H,20,21). The second kappa shape index (κ2) is 8.19. The first kappa shape index (κ1) is 16.8. The van der Waals surface area contributed by atoms with Crippen LogP contribution >= 0.6 is 0 Å². The molecule has 1 atom stereocenters. The first-order valence-electron chi connectivity index (χ1n) is 7.42. The SMILES string of the molecule is COc1cccc(OC)c1CC(=O)NCC(N)c1ccccc1. The van der Waals surface area contributed by atoms with Crippen molar-refractivity contribution in [3.63, 3.8) is 0 Å². The van der Waals surface area contributed by atoms with Crippen LogP contribution < -0.4 is 20.5 Å². The van der Waals surface area contributed by atoms with Gasteiger partial charge in [0.1, 0.15) is 11.5 Å². The van der Waals surface area contributed by atoms with Crippen molar-refractivity contribution in [2.45, 2.75) is 12.5 Å². The molecule has 2 aromatic carbocycles. The van der Waals surface area contributed by atoms with Gasteiger partial charge in [0.2, 0.25) is 5.91 Å². The number of nitrogens with two attached hydrogens (primary N) is 1. The Bertz CT molecular complexity index is 622. The van der Waals surface area contributed by atoms with E-state index in [0.717, 1.165) is 11.1 Å². The predicted octanol–water partition coefficient (Wildman–Crippen LogP) is 2.06. The maximum Gasteiger partial charge on any atom is 0.224 e. The van der Waals surface area contributed by atoms with E-state index in [-0.39, 0.29) is 18.4 Å². The van der Waals surface area contributed by atoms with Crippen molar-refractivity contribution in [2.24, 2.45) is 5.73 Å².